The van der Waals surface area contributed by atoms with Crippen LogP contribution in [0.4, 0.5) is 5.69 Å². The molecule has 7 heteroatoms. The largest absolute Gasteiger partial charge is 0.493 e. The molecule has 0 radical (unpaired) electrons. The highest BCUT2D eigenvalue weighted by Gasteiger charge is 2.10. The summed E-state index contributed by atoms with van der Waals surface area (Å²) < 4.78 is 5.66. The van der Waals surface area contributed by atoms with Crippen LogP contribution in [-0.4, -0.2) is 30.1 Å². The number of amides is 2. The molecule has 0 fully saturated rings. The number of unbranched alkanes of at least 4 members (excludes halogenated alkanes) is 1. The SMILES string of the molecule is CCCCNC(=O)c1ccc(NC(=S)NC(=O)c2cccc(OCC(C)C)c2)cc1. The van der Waals surface area contributed by atoms with Gasteiger partial charge < -0.3 is 15.4 Å². The topological polar surface area (TPSA) is 79.5 Å². The molecule has 2 amide bonds. The van der Waals surface area contributed by atoms with Crippen LogP contribution in [0.15, 0.2) is 48.5 Å². The fourth-order valence-corrected chi connectivity index (χ4v) is 2.72. The molecule has 3 N–H and O–H groups in total. The Hall–Kier alpha value is -2.93. The van der Waals surface area contributed by atoms with Gasteiger partial charge >= 0.3 is 0 Å². The van der Waals surface area contributed by atoms with Gasteiger partial charge in [-0.15, -0.1) is 0 Å². The predicted octanol–water partition coefficient (Wildman–Crippen LogP) is 4.38. The highest BCUT2D eigenvalue weighted by Crippen LogP contribution is 2.15. The van der Waals surface area contributed by atoms with Gasteiger partial charge in [0.2, 0.25) is 0 Å². The summed E-state index contributed by atoms with van der Waals surface area (Å²) in [5.41, 5.74) is 1.71. The Morgan fingerprint density at radius 1 is 1.03 bits per heavy atom. The maximum atomic E-state index is 12.5. The number of hydrogen-bond donors (Lipinski definition) is 3. The molecule has 0 aliphatic rings. The molecule has 0 atom stereocenters. The Morgan fingerprint density at radius 2 is 1.77 bits per heavy atom. The molecular formula is C23H29N3O3S. The van der Waals surface area contributed by atoms with Gasteiger partial charge in [-0.1, -0.05) is 33.3 Å². The van der Waals surface area contributed by atoms with Gasteiger partial charge in [0, 0.05) is 23.4 Å². The van der Waals surface area contributed by atoms with E-state index in [2.05, 4.69) is 36.7 Å². The minimum atomic E-state index is -0.325. The fraction of sp³-hybridized carbons (Fsp3) is 0.348. The van der Waals surface area contributed by atoms with Crippen molar-refractivity contribution in [3.8, 4) is 5.75 Å². The molecule has 0 aromatic heterocycles. The Labute approximate surface area is 183 Å². The van der Waals surface area contributed by atoms with E-state index in [0.717, 1.165) is 12.8 Å². The van der Waals surface area contributed by atoms with Crippen LogP contribution in [0.5, 0.6) is 5.75 Å². The lowest BCUT2D eigenvalue weighted by Gasteiger charge is -2.12. The normalized spacial score (nSPS) is 10.4. The quantitative estimate of drug-likeness (QED) is 0.409. The molecule has 160 valence electrons. The molecule has 0 unspecified atom stereocenters. The zero-order chi connectivity index (χ0) is 21.9. The third kappa shape index (κ3) is 7.83. The Morgan fingerprint density at radius 3 is 2.43 bits per heavy atom. The molecule has 0 spiro atoms. The maximum absolute atomic E-state index is 12.5. The van der Waals surface area contributed by atoms with Gasteiger partial charge in [0.05, 0.1) is 6.61 Å². The second-order valence-electron chi connectivity index (χ2n) is 7.33. The molecule has 2 rings (SSSR count). The summed E-state index contributed by atoms with van der Waals surface area (Å²) in [5.74, 6) is 0.607. The van der Waals surface area contributed by atoms with Crippen LogP contribution in [-0.2, 0) is 0 Å². The molecule has 0 aliphatic heterocycles. The zero-order valence-electron chi connectivity index (χ0n) is 17.7. The molecule has 2 aromatic carbocycles. The van der Waals surface area contributed by atoms with Crippen molar-refractivity contribution < 1.29 is 14.3 Å². The average Bonchev–Trinajstić information content (AvgIpc) is 2.73. The number of thiocarbonyl (C=S) groups is 1. The molecule has 6 nitrogen and oxygen atoms in total. The molecule has 0 aliphatic carbocycles. The van der Waals surface area contributed by atoms with E-state index in [0.29, 0.717) is 41.6 Å². The van der Waals surface area contributed by atoms with E-state index >= 15 is 0 Å². The van der Waals surface area contributed by atoms with Gasteiger partial charge in [-0.3, -0.25) is 14.9 Å². The third-order valence-electron chi connectivity index (χ3n) is 4.13. The third-order valence-corrected chi connectivity index (χ3v) is 4.33. The number of rotatable bonds is 9. The van der Waals surface area contributed by atoms with Crippen LogP contribution in [0.3, 0.4) is 0 Å². The Kier molecular flexibility index (Phi) is 9.28. The van der Waals surface area contributed by atoms with E-state index in [4.69, 9.17) is 17.0 Å². The number of ether oxygens (including phenoxy) is 1. The van der Waals surface area contributed by atoms with E-state index in [1.54, 1.807) is 42.5 Å². The van der Waals surface area contributed by atoms with Crippen LogP contribution in [0.1, 0.15) is 54.3 Å². The molecule has 0 heterocycles. The molecule has 0 saturated carbocycles. The predicted molar refractivity (Wildman–Crippen MR) is 124 cm³/mol. The van der Waals surface area contributed by atoms with Gasteiger partial charge in [-0.25, -0.2) is 0 Å². The van der Waals surface area contributed by atoms with Crippen LogP contribution < -0.4 is 20.7 Å². The lowest BCUT2D eigenvalue weighted by Crippen LogP contribution is -2.34. The highest BCUT2D eigenvalue weighted by atomic mass is 32.1. The van der Waals surface area contributed by atoms with Gasteiger partial charge in [-0.2, -0.15) is 0 Å². The van der Waals surface area contributed by atoms with E-state index < -0.39 is 0 Å². The summed E-state index contributed by atoms with van der Waals surface area (Å²) in [4.78, 5) is 24.5. The van der Waals surface area contributed by atoms with Crippen molar-refractivity contribution in [2.24, 2.45) is 5.92 Å². The first-order chi connectivity index (χ1) is 14.4. The van der Waals surface area contributed by atoms with E-state index in [9.17, 15) is 9.59 Å². The van der Waals surface area contributed by atoms with Crippen molar-refractivity contribution in [2.45, 2.75) is 33.6 Å². The van der Waals surface area contributed by atoms with Crippen molar-refractivity contribution in [1.29, 1.82) is 0 Å². The summed E-state index contributed by atoms with van der Waals surface area (Å²) in [6.07, 6.45) is 1.98. The summed E-state index contributed by atoms with van der Waals surface area (Å²) >= 11 is 5.23. The minimum absolute atomic E-state index is 0.106. The lowest BCUT2D eigenvalue weighted by molar-refractivity contribution is 0.0950. The minimum Gasteiger partial charge on any atom is -0.493 e. The Balaban J connectivity index is 1.88. The lowest BCUT2D eigenvalue weighted by atomic mass is 10.2. The van der Waals surface area contributed by atoms with Crippen LogP contribution in [0.25, 0.3) is 0 Å². The summed E-state index contributed by atoms with van der Waals surface area (Å²) in [6.45, 7) is 7.44. The fourth-order valence-electron chi connectivity index (χ4n) is 2.51. The number of carbonyl (C=O) groups excluding carboxylic acids is 2. The smallest absolute Gasteiger partial charge is 0.257 e. The van der Waals surface area contributed by atoms with Crippen molar-refractivity contribution in [3.63, 3.8) is 0 Å². The second-order valence-corrected chi connectivity index (χ2v) is 7.74. The molecule has 2 aromatic rings. The average molecular weight is 428 g/mol. The van der Waals surface area contributed by atoms with Gasteiger partial charge in [0.25, 0.3) is 11.8 Å². The highest BCUT2D eigenvalue weighted by molar-refractivity contribution is 7.80. The first-order valence-electron chi connectivity index (χ1n) is 10.1. The number of nitrogens with one attached hydrogen (secondary N) is 3. The zero-order valence-corrected chi connectivity index (χ0v) is 18.5. The Bertz CT molecular complexity index is 866. The van der Waals surface area contributed by atoms with Crippen LogP contribution >= 0.6 is 12.2 Å². The number of hydrogen-bond acceptors (Lipinski definition) is 4. The first kappa shape index (κ1) is 23.3. The second kappa shape index (κ2) is 11.9. The van der Waals surface area contributed by atoms with Gasteiger partial charge in [-0.05, 0) is 67.0 Å². The van der Waals surface area contributed by atoms with Gasteiger partial charge in [0.1, 0.15) is 5.75 Å². The summed E-state index contributed by atoms with van der Waals surface area (Å²) in [5, 5.41) is 8.65. The number of anilines is 1. The van der Waals surface area contributed by atoms with Crippen molar-refractivity contribution in [1.82, 2.24) is 10.6 Å². The molecule has 0 saturated heterocycles. The van der Waals surface area contributed by atoms with Gasteiger partial charge in [0.15, 0.2) is 5.11 Å². The van der Waals surface area contributed by atoms with Crippen molar-refractivity contribution >= 4 is 34.8 Å². The van der Waals surface area contributed by atoms with Crippen LogP contribution in [0, 0.1) is 5.92 Å². The molecule has 30 heavy (non-hydrogen) atoms. The molecular weight excluding hydrogens is 398 g/mol. The number of benzene rings is 2. The van der Waals surface area contributed by atoms with Crippen LogP contribution in [0.2, 0.25) is 0 Å². The first-order valence-corrected chi connectivity index (χ1v) is 10.5. The van der Waals surface area contributed by atoms with E-state index in [-0.39, 0.29) is 16.9 Å². The van der Waals surface area contributed by atoms with E-state index in [1.807, 2.05) is 6.07 Å². The maximum Gasteiger partial charge on any atom is 0.257 e. The standard InChI is InChI=1S/C23H29N3O3S/c1-4-5-13-24-21(27)17-9-11-19(12-10-17)25-23(30)26-22(28)18-7-6-8-20(14-18)29-15-16(2)3/h6-12,14,16H,4-5,13,15H2,1-3H3,(H,24,27)(H2,25,26,28,30). The monoisotopic (exact) mass is 427 g/mol. The van der Waals surface area contributed by atoms with Crippen molar-refractivity contribution in [2.75, 3.05) is 18.5 Å². The van der Waals surface area contributed by atoms with E-state index in [1.165, 1.54) is 0 Å². The summed E-state index contributed by atoms with van der Waals surface area (Å²) in [6, 6.07) is 13.9. The molecule has 0 bridgehead atoms. The summed E-state index contributed by atoms with van der Waals surface area (Å²) in [7, 11) is 0. The number of carbonyl (C=O) groups is 2. The van der Waals surface area contributed by atoms with Crippen molar-refractivity contribution in [3.05, 3.63) is 59.7 Å².